The van der Waals surface area contributed by atoms with Gasteiger partial charge in [-0.1, -0.05) is 0 Å². The normalized spacial score (nSPS) is 10.2. The predicted octanol–water partition coefficient (Wildman–Crippen LogP) is 2.14. The molecule has 2 heterocycles. The van der Waals surface area contributed by atoms with Crippen molar-refractivity contribution >= 4 is 5.95 Å². The van der Waals surface area contributed by atoms with Gasteiger partial charge in [-0.15, -0.1) is 0 Å². The Morgan fingerprint density at radius 1 is 1.12 bits per heavy atom. The highest BCUT2D eigenvalue weighted by Crippen LogP contribution is 2.06. The van der Waals surface area contributed by atoms with Gasteiger partial charge in [-0.3, -0.25) is 4.98 Å². The Labute approximate surface area is 101 Å². The Balaban J connectivity index is 1.88. The number of nitrogens with one attached hydrogen (secondary N) is 1. The maximum atomic E-state index is 4.20. The first-order valence-corrected chi connectivity index (χ1v) is 5.68. The fourth-order valence-electron chi connectivity index (χ4n) is 1.58. The number of hydrogen-bond donors (Lipinski definition) is 1. The van der Waals surface area contributed by atoms with Crippen molar-refractivity contribution in [2.24, 2.45) is 0 Å². The summed E-state index contributed by atoms with van der Waals surface area (Å²) in [4.78, 5) is 12.5. The molecule has 2 aromatic rings. The zero-order valence-corrected chi connectivity index (χ0v) is 10.1. The molecular formula is C13H16N4. The SMILES string of the molecule is Cc1cnc(NCCc2ccncc2C)nc1. The summed E-state index contributed by atoms with van der Waals surface area (Å²) < 4.78 is 0. The number of nitrogens with zero attached hydrogens (tertiary/aromatic N) is 3. The summed E-state index contributed by atoms with van der Waals surface area (Å²) in [7, 11) is 0. The van der Waals surface area contributed by atoms with E-state index in [1.165, 1.54) is 11.1 Å². The van der Waals surface area contributed by atoms with Crippen LogP contribution in [0.2, 0.25) is 0 Å². The molecule has 2 rings (SSSR count). The smallest absolute Gasteiger partial charge is 0.222 e. The highest BCUT2D eigenvalue weighted by molar-refractivity contribution is 5.27. The van der Waals surface area contributed by atoms with Gasteiger partial charge in [-0.05, 0) is 43.0 Å². The van der Waals surface area contributed by atoms with Crippen molar-refractivity contribution in [1.29, 1.82) is 0 Å². The van der Waals surface area contributed by atoms with Crippen molar-refractivity contribution in [2.45, 2.75) is 20.3 Å². The van der Waals surface area contributed by atoms with Crippen molar-refractivity contribution < 1.29 is 0 Å². The zero-order chi connectivity index (χ0) is 12.1. The molecule has 0 aromatic carbocycles. The summed E-state index contributed by atoms with van der Waals surface area (Å²) in [5.74, 6) is 0.683. The van der Waals surface area contributed by atoms with Crippen molar-refractivity contribution in [3.63, 3.8) is 0 Å². The minimum Gasteiger partial charge on any atom is -0.354 e. The zero-order valence-electron chi connectivity index (χ0n) is 10.1. The van der Waals surface area contributed by atoms with Gasteiger partial charge in [0.05, 0.1) is 0 Å². The Kier molecular flexibility index (Phi) is 3.65. The third kappa shape index (κ3) is 3.24. The van der Waals surface area contributed by atoms with Gasteiger partial charge in [0.1, 0.15) is 0 Å². The fraction of sp³-hybridized carbons (Fsp3) is 0.308. The molecule has 1 N–H and O–H groups in total. The molecule has 0 saturated heterocycles. The van der Waals surface area contributed by atoms with Crippen LogP contribution < -0.4 is 5.32 Å². The van der Waals surface area contributed by atoms with E-state index in [0.29, 0.717) is 5.95 Å². The van der Waals surface area contributed by atoms with Gasteiger partial charge in [-0.25, -0.2) is 9.97 Å². The van der Waals surface area contributed by atoms with Crippen LogP contribution in [0.3, 0.4) is 0 Å². The number of hydrogen-bond acceptors (Lipinski definition) is 4. The van der Waals surface area contributed by atoms with E-state index in [9.17, 15) is 0 Å². The summed E-state index contributed by atoms with van der Waals surface area (Å²) >= 11 is 0. The van der Waals surface area contributed by atoms with Gasteiger partial charge < -0.3 is 5.32 Å². The van der Waals surface area contributed by atoms with Crippen LogP contribution in [0.15, 0.2) is 30.9 Å². The lowest BCUT2D eigenvalue weighted by Crippen LogP contribution is -2.08. The molecule has 0 aliphatic carbocycles. The summed E-state index contributed by atoms with van der Waals surface area (Å²) in [5.41, 5.74) is 3.60. The molecule has 88 valence electrons. The number of aromatic nitrogens is 3. The second-order valence-electron chi connectivity index (χ2n) is 4.06. The first-order valence-electron chi connectivity index (χ1n) is 5.68. The average molecular weight is 228 g/mol. The van der Waals surface area contributed by atoms with Crippen molar-refractivity contribution in [3.05, 3.63) is 47.5 Å². The molecule has 0 spiro atoms. The van der Waals surface area contributed by atoms with E-state index < -0.39 is 0 Å². The number of anilines is 1. The molecule has 0 aliphatic heterocycles. The van der Waals surface area contributed by atoms with Gasteiger partial charge in [0.15, 0.2) is 0 Å². The molecule has 0 saturated carbocycles. The van der Waals surface area contributed by atoms with Gasteiger partial charge >= 0.3 is 0 Å². The standard InChI is InChI=1S/C13H16N4/c1-10-7-16-13(17-8-10)15-6-4-12-3-5-14-9-11(12)2/h3,5,7-9H,4,6H2,1-2H3,(H,15,16,17). The molecule has 0 aliphatic rings. The molecule has 0 bridgehead atoms. The van der Waals surface area contributed by atoms with E-state index in [1.807, 2.05) is 37.8 Å². The summed E-state index contributed by atoms with van der Waals surface area (Å²) in [6.45, 7) is 4.88. The van der Waals surface area contributed by atoms with Gasteiger partial charge in [-0.2, -0.15) is 0 Å². The molecule has 17 heavy (non-hydrogen) atoms. The van der Waals surface area contributed by atoms with Crippen LogP contribution >= 0.6 is 0 Å². The lowest BCUT2D eigenvalue weighted by molar-refractivity contribution is 0.964. The second kappa shape index (κ2) is 5.39. The van der Waals surface area contributed by atoms with E-state index >= 15 is 0 Å². The van der Waals surface area contributed by atoms with E-state index in [4.69, 9.17) is 0 Å². The highest BCUT2D eigenvalue weighted by atomic mass is 15.1. The Bertz CT molecular complexity index is 479. The first-order chi connectivity index (χ1) is 8.25. The first kappa shape index (κ1) is 11.5. The third-order valence-corrected chi connectivity index (χ3v) is 2.59. The number of aryl methyl sites for hydroxylation is 2. The quantitative estimate of drug-likeness (QED) is 0.871. The van der Waals surface area contributed by atoms with Crippen LogP contribution in [-0.4, -0.2) is 21.5 Å². The summed E-state index contributed by atoms with van der Waals surface area (Å²) in [6.07, 6.45) is 8.29. The Hall–Kier alpha value is -1.97. The number of pyridine rings is 1. The third-order valence-electron chi connectivity index (χ3n) is 2.59. The lowest BCUT2D eigenvalue weighted by Gasteiger charge is -2.06. The fourth-order valence-corrected chi connectivity index (χ4v) is 1.58. The molecule has 0 fully saturated rings. The van der Waals surface area contributed by atoms with Crippen molar-refractivity contribution in [3.8, 4) is 0 Å². The van der Waals surface area contributed by atoms with Gasteiger partial charge in [0.25, 0.3) is 0 Å². The van der Waals surface area contributed by atoms with Crippen LogP contribution in [0.1, 0.15) is 16.7 Å². The van der Waals surface area contributed by atoms with Crippen LogP contribution in [0.4, 0.5) is 5.95 Å². The van der Waals surface area contributed by atoms with Crippen molar-refractivity contribution in [2.75, 3.05) is 11.9 Å². The lowest BCUT2D eigenvalue weighted by atomic mass is 10.1. The van der Waals surface area contributed by atoms with E-state index in [0.717, 1.165) is 18.5 Å². The summed E-state index contributed by atoms with van der Waals surface area (Å²) in [6, 6.07) is 2.05. The van der Waals surface area contributed by atoms with Crippen LogP contribution in [0.25, 0.3) is 0 Å². The molecular weight excluding hydrogens is 212 g/mol. The van der Waals surface area contributed by atoms with E-state index in [-0.39, 0.29) is 0 Å². The highest BCUT2D eigenvalue weighted by Gasteiger charge is 1.98. The van der Waals surface area contributed by atoms with Crippen LogP contribution in [0.5, 0.6) is 0 Å². The monoisotopic (exact) mass is 228 g/mol. The molecule has 2 aromatic heterocycles. The van der Waals surface area contributed by atoms with Crippen molar-refractivity contribution in [1.82, 2.24) is 15.0 Å². The molecule has 4 nitrogen and oxygen atoms in total. The molecule has 0 amide bonds. The van der Waals surface area contributed by atoms with Crippen LogP contribution in [-0.2, 0) is 6.42 Å². The molecule has 0 radical (unpaired) electrons. The topological polar surface area (TPSA) is 50.7 Å². The predicted molar refractivity (Wildman–Crippen MR) is 67.9 cm³/mol. The minimum absolute atomic E-state index is 0.683. The van der Waals surface area contributed by atoms with Crippen LogP contribution in [0, 0.1) is 13.8 Å². The Morgan fingerprint density at radius 3 is 2.59 bits per heavy atom. The maximum Gasteiger partial charge on any atom is 0.222 e. The van der Waals surface area contributed by atoms with Gasteiger partial charge in [0, 0.05) is 31.3 Å². The maximum absolute atomic E-state index is 4.20. The average Bonchev–Trinajstić information content (AvgIpc) is 2.34. The largest absolute Gasteiger partial charge is 0.354 e. The number of rotatable bonds is 4. The van der Waals surface area contributed by atoms with E-state index in [1.54, 1.807) is 0 Å². The van der Waals surface area contributed by atoms with E-state index in [2.05, 4.69) is 27.2 Å². The summed E-state index contributed by atoms with van der Waals surface area (Å²) in [5, 5.41) is 3.20. The Morgan fingerprint density at radius 2 is 1.88 bits per heavy atom. The van der Waals surface area contributed by atoms with Gasteiger partial charge in [0.2, 0.25) is 5.95 Å². The second-order valence-corrected chi connectivity index (χ2v) is 4.06. The molecule has 4 heteroatoms. The molecule has 0 unspecified atom stereocenters. The molecule has 0 atom stereocenters. The minimum atomic E-state index is 0.683.